The topological polar surface area (TPSA) is 115 Å². The highest BCUT2D eigenvalue weighted by Crippen LogP contribution is 2.43. The predicted octanol–water partition coefficient (Wildman–Crippen LogP) is 3.21. The molecule has 7 nitrogen and oxygen atoms in total. The molecule has 1 aliphatic carbocycles. The summed E-state index contributed by atoms with van der Waals surface area (Å²) in [6, 6.07) is 9.72. The van der Waals surface area contributed by atoms with E-state index in [0.29, 0.717) is 29.5 Å². The smallest absolute Gasteiger partial charge is 0.277 e. The quantitative estimate of drug-likeness (QED) is 0.633. The molecule has 1 aromatic heterocycles. The first-order valence-corrected chi connectivity index (χ1v) is 9.97. The number of primary amides is 1. The van der Waals surface area contributed by atoms with Crippen LogP contribution in [0.5, 0.6) is 0 Å². The summed E-state index contributed by atoms with van der Waals surface area (Å²) in [4.78, 5) is 35.6. The number of hydrogen-bond acceptors (Lipinski definition) is 5. The molecule has 0 bridgehead atoms. The van der Waals surface area contributed by atoms with Crippen LogP contribution in [0, 0.1) is 5.82 Å². The maximum absolute atomic E-state index is 14.5. The molecule has 0 fully saturated rings. The molecule has 2 amide bonds. The third-order valence-corrected chi connectivity index (χ3v) is 5.60. The lowest BCUT2D eigenvalue weighted by Crippen LogP contribution is -2.44. The number of carbonyl (C=O) groups excluding carboxylic acids is 2. The minimum absolute atomic E-state index is 0.0794. The van der Waals surface area contributed by atoms with E-state index in [4.69, 9.17) is 23.1 Å². The number of fused-ring (bicyclic) bond motifs is 1. The third kappa shape index (κ3) is 3.82. The van der Waals surface area contributed by atoms with Gasteiger partial charge in [-0.15, -0.1) is 0 Å². The van der Waals surface area contributed by atoms with Crippen molar-refractivity contribution < 1.29 is 14.0 Å². The molecule has 2 atom stereocenters. The van der Waals surface area contributed by atoms with Crippen LogP contribution in [0.4, 0.5) is 10.2 Å². The number of halogens is 2. The Hall–Kier alpha value is -3.52. The maximum atomic E-state index is 14.5. The number of rotatable bonds is 5. The minimum atomic E-state index is -1.13. The van der Waals surface area contributed by atoms with E-state index < -0.39 is 29.7 Å². The summed E-state index contributed by atoms with van der Waals surface area (Å²) in [6.45, 7) is 0. The molecule has 1 aliphatic rings. The summed E-state index contributed by atoms with van der Waals surface area (Å²) in [5, 5.41) is 0.199. The van der Waals surface area contributed by atoms with Crippen molar-refractivity contribution in [3.8, 4) is 0 Å². The monoisotopic (exact) mass is 439 g/mol. The van der Waals surface area contributed by atoms with Gasteiger partial charge in [0.15, 0.2) is 11.5 Å². The van der Waals surface area contributed by atoms with E-state index in [1.54, 1.807) is 36.4 Å². The molecular formula is C22H19ClFN5O2. The van der Waals surface area contributed by atoms with Crippen LogP contribution < -0.4 is 11.5 Å². The summed E-state index contributed by atoms with van der Waals surface area (Å²) in [7, 11) is 0. The highest BCUT2D eigenvalue weighted by molar-refractivity contribution is 6.30. The Morgan fingerprint density at radius 2 is 1.87 bits per heavy atom. The summed E-state index contributed by atoms with van der Waals surface area (Å²) in [6.07, 6.45) is 3.46. The molecular weight excluding hydrogens is 421 g/mol. The van der Waals surface area contributed by atoms with Crippen molar-refractivity contribution in [2.75, 3.05) is 5.73 Å². The van der Waals surface area contributed by atoms with Gasteiger partial charge in [0, 0.05) is 17.4 Å². The first-order chi connectivity index (χ1) is 14.9. The molecule has 1 unspecified atom stereocenters. The van der Waals surface area contributed by atoms with Gasteiger partial charge in [-0.3, -0.25) is 9.59 Å². The second-order valence-corrected chi connectivity index (χ2v) is 7.66. The number of aromatic nitrogens is 2. The number of anilines is 1. The van der Waals surface area contributed by atoms with Crippen LogP contribution in [0.15, 0.2) is 54.9 Å². The number of carbonyl (C=O) groups is 2. The van der Waals surface area contributed by atoms with Crippen molar-refractivity contribution >= 4 is 29.2 Å². The van der Waals surface area contributed by atoms with E-state index in [1.165, 1.54) is 23.4 Å². The molecule has 0 saturated heterocycles. The van der Waals surface area contributed by atoms with Gasteiger partial charge in [-0.05, 0) is 41.7 Å². The van der Waals surface area contributed by atoms with Gasteiger partial charge in [0.25, 0.3) is 5.91 Å². The van der Waals surface area contributed by atoms with Crippen molar-refractivity contribution in [3.05, 3.63) is 88.1 Å². The van der Waals surface area contributed by atoms with Gasteiger partial charge in [-0.1, -0.05) is 41.9 Å². The van der Waals surface area contributed by atoms with E-state index in [-0.39, 0.29) is 16.5 Å². The summed E-state index contributed by atoms with van der Waals surface area (Å²) < 4.78 is 14.5. The van der Waals surface area contributed by atoms with Crippen LogP contribution in [-0.2, 0) is 11.2 Å². The molecule has 1 heterocycles. The van der Waals surface area contributed by atoms with Crippen molar-refractivity contribution in [2.45, 2.75) is 24.9 Å². The standard InChI is InChI=1S/C22H19ClFN5O2/c23-13-10-15-14(16(24)11-13)6-7-17(15)29(22(31)18-20(25)28-9-8-27-18)19(21(26)30)12-4-2-1-3-5-12/h1-5,8-11,17,19H,6-7H2,(H2,25,28)(H2,26,30)/t17-,19?/m1/s1. The highest BCUT2D eigenvalue weighted by atomic mass is 35.5. The van der Waals surface area contributed by atoms with Crippen molar-refractivity contribution in [3.63, 3.8) is 0 Å². The fraction of sp³-hybridized carbons (Fsp3) is 0.182. The normalized spacial score (nSPS) is 15.9. The Morgan fingerprint density at radius 3 is 2.55 bits per heavy atom. The van der Waals surface area contributed by atoms with Crippen molar-refractivity contribution in [1.82, 2.24) is 14.9 Å². The second-order valence-electron chi connectivity index (χ2n) is 7.23. The third-order valence-electron chi connectivity index (χ3n) is 5.38. The van der Waals surface area contributed by atoms with Gasteiger partial charge in [0.1, 0.15) is 11.9 Å². The lowest BCUT2D eigenvalue weighted by molar-refractivity contribution is -0.123. The van der Waals surface area contributed by atoms with Crippen LogP contribution >= 0.6 is 11.6 Å². The Morgan fingerprint density at radius 1 is 1.16 bits per heavy atom. The molecule has 3 aromatic rings. The van der Waals surface area contributed by atoms with E-state index in [9.17, 15) is 14.0 Å². The summed E-state index contributed by atoms with van der Waals surface area (Å²) in [5.41, 5.74) is 13.1. The van der Waals surface area contributed by atoms with Gasteiger partial charge in [0.2, 0.25) is 5.91 Å². The fourth-order valence-corrected chi connectivity index (χ4v) is 4.30. The van der Waals surface area contributed by atoms with Gasteiger partial charge in [0.05, 0.1) is 6.04 Å². The highest BCUT2D eigenvalue weighted by Gasteiger charge is 2.41. The van der Waals surface area contributed by atoms with E-state index in [0.717, 1.165) is 0 Å². The van der Waals surface area contributed by atoms with Gasteiger partial charge in [-0.2, -0.15) is 0 Å². The molecule has 0 saturated carbocycles. The zero-order valence-corrected chi connectivity index (χ0v) is 17.1. The van der Waals surface area contributed by atoms with Crippen LogP contribution in [0.1, 0.15) is 45.7 Å². The number of nitrogens with two attached hydrogens (primary N) is 2. The lowest BCUT2D eigenvalue weighted by atomic mass is 9.98. The first kappa shape index (κ1) is 20.7. The lowest BCUT2D eigenvalue weighted by Gasteiger charge is -2.35. The van der Waals surface area contributed by atoms with Crippen LogP contribution in [0.25, 0.3) is 0 Å². The molecule has 4 N–H and O–H groups in total. The van der Waals surface area contributed by atoms with E-state index >= 15 is 0 Å². The van der Waals surface area contributed by atoms with Crippen molar-refractivity contribution in [1.29, 1.82) is 0 Å². The largest absolute Gasteiger partial charge is 0.382 e. The Labute approximate surface area is 182 Å². The first-order valence-electron chi connectivity index (χ1n) is 9.59. The molecule has 2 aromatic carbocycles. The molecule has 9 heteroatoms. The number of nitrogen functional groups attached to an aromatic ring is 1. The number of amides is 2. The van der Waals surface area contributed by atoms with Crippen LogP contribution in [0.2, 0.25) is 5.02 Å². The summed E-state index contributed by atoms with van der Waals surface area (Å²) >= 11 is 6.10. The van der Waals surface area contributed by atoms with Crippen molar-refractivity contribution in [2.24, 2.45) is 5.73 Å². The number of hydrogen-bond donors (Lipinski definition) is 2. The Bertz CT molecular complexity index is 1160. The fourth-order valence-electron chi connectivity index (χ4n) is 4.08. The Balaban J connectivity index is 1.90. The minimum Gasteiger partial charge on any atom is -0.382 e. The molecule has 31 heavy (non-hydrogen) atoms. The Kier molecular flexibility index (Phi) is 5.56. The number of benzene rings is 2. The molecule has 158 valence electrons. The summed E-state index contributed by atoms with van der Waals surface area (Å²) in [5.74, 6) is -1.90. The van der Waals surface area contributed by atoms with Gasteiger partial charge < -0.3 is 16.4 Å². The molecule has 4 rings (SSSR count). The van der Waals surface area contributed by atoms with Gasteiger partial charge in [-0.25, -0.2) is 14.4 Å². The average Bonchev–Trinajstić information content (AvgIpc) is 3.16. The molecule has 0 aliphatic heterocycles. The zero-order valence-electron chi connectivity index (χ0n) is 16.3. The average molecular weight is 440 g/mol. The predicted molar refractivity (Wildman–Crippen MR) is 113 cm³/mol. The SMILES string of the molecule is NC(=O)C(c1ccccc1)N(C(=O)c1nccnc1N)[C@@H]1CCc2c(F)cc(Cl)cc21. The second kappa shape index (κ2) is 8.31. The molecule has 0 radical (unpaired) electrons. The van der Waals surface area contributed by atoms with E-state index in [2.05, 4.69) is 9.97 Å². The maximum Gasteiger partial charge on any atom is 0.277 e. The van der Waals surface area contributed by atoms with Crippen LogP contribution in [0.3, 0.4) is 0 Å². The zero-order chi connectivity index (χ0) is 22.1. The van der Waals surface area contributed by atoms with E-state index in [1.807, 2.05) is 0 Å². The molecule has 0 spiro atoms. The van der Waals surface area contributed by atoms with Gasteiger partial charge >= 0.3 is 0 Å². The number of nitrogens with zero attached hydrogens (tertiary/aromatic N) is 3. The van der Waals surface area contributed by atoms with Crippen LogP contribution in [-0.4, -0.2) is 26.7 Å².